The first-order chi connectivity index (χ1) is 8.13. The van der Waals surface area contributed by atoms with Crippen LogP contribution in [0.3, 0.4) is 0 Å². The number of nitrogens with one attached hydrogen (secondary N) is 1. The van der Waals surface area contributed by atoms with Crippen molar-refractivity contribution in [3.63, 3.8) is 0 Å². The van der Waals surface area contributed by atoms with Crippen LogP contribution in [0.1, 0.15) is 32.3 Å². The van der Waals surface area contributed by atoms with Crippen molar-refractivity contribution in [2.24, 2.45) is 5.41 Å². The predicted molar refractivity (Wildman–Crippen MR) is 78.8 cm³/mol. The summed E-state index contributed by atoms with van der Waals surface area (Å²) >= 11 is 0. The Morgan fingerprint density at radius 3 is 2.72 bits per heavy atom. The molecule has 1 aromatic rings. The minimum absolute atomic E-state index is 0. The molecule has 1 heterocycles. The molecule has 2 rings (SSSR count). The van der Waals surface area contributed by atoms with Crippen LogP contribution in [0.2, 0.25) is 0 Å². The SMILES string of the molecule is COc1ccccc1CC1NCCCC1(C)C.Cl. The van der Waals surface area contributed by atoms with Crippen molar-refractivity contribution in [3.05, 3.63) is 29.8 Å². The molecule has 0 spiro atoms. The molecule has 2 nitrogen and oxygen atoms in total. The molecule has 1 fully saturated rings. The maximum atomic E-state index is 5.43. The highest BCUT2D eigenvalue weighted by atomic mass is 35.5. The normalized spacial score (nSPS) is 22.1. The van der Waals surface area contributed by atoms with Crippen molar-refractivity contribution in [1.82, 2.24) is 5.32 Å². The molecular weight excluding hydrogens is 246 g/mol. The van der Waals surface area contributed by atoms with Crippen LogP contribution >= 0.6 is 12.4 Å². The quantitative estimate of drug-likeness (QED) is 0.908. The highest BCUT2D eigenvalue weighted by molar-refractivity contribution is 5.85. The van der Waals surface area contributed by atoms with E-state index in [-0.39, 0.29) is 12.4 Å². The van der Waals surface area contributed by atoms with Gasteiger partial charge in [0.05, 0.1) is 7.11 Å². The summed E-state index contributed by atoms with van der Waals surface area (Å²) in [5.41, 5.74) is 1.68. The lowest BCUT2D eigenvalue weighted by Gasteiger charge is -2.39. The van der Waals surface area contributed by atoms with Crippen LogP contribution in [0.4, 0.5) is 0 Å². The van der Waals surface area contributed by atoms with E-state index in [1.807, 2.05) is 12.1 Å². The minimum atomic E-state index is 0. The van der Waals surface area contributed by atoms with Gasteiger partial charge in [-0.05, 0) is 42.9 Å². The summed E-state index contributed by atoms with van der Waals surface area (Å²) in [6.07, 6.45) is 3.65. The van der Waals surface area contributed by atoms with Gasteiger partial charge in [-0.15, -0.1) is 12.4 Å². The van der Waals surface area contributed by atoms with Gasteiger partial charge in [0.2, 0.25) is 0 Å². The van der Waals surface area contributed by atoms with Crippen LogP contribution in [-0.2, 0) is 6.42 Å². The molecule has 0 amide bonds. The maximum absolute atomic E-state index is 5.43. The number of methoxy groups -OCH3 is 1. The van der Waals surface area contributed by atoms with Crippen molar-refractivity contribution < 1.29 is 4.74 Å². The molecule has 0 saturated carbocycles. The second-order valence-corrected chi connectivity index (χ2v) is 5.61. The molecule has 0 radical (unpaired) electrons. The zero-order valence-corrected chi connectivity index (χ0v) is 12.3. The Morgan fingerprint density at radius 1 is 1.33 bits per heavy atom. The first-order valence-corrected chi connectivity index (χ1v) is 6.49. The van der Waals surface area contributed by atoms with Gasteiger partial charge in [0.1, 0.15) is 5.75 Å². The molecule has 0 aliphatic carbocycles. The second-order valence-electron chi connectivity index (χ2n) is 5.61. The Morgan fingerprint density at radius 2 is 2.06 bits per heavy atom. The Bertz CT molecular complexity index is 379. The van der Waals surface area contributed by atoms with E-state index in [2.05, 4.69) is 31.3 Å². The molecule has 1 aromatic carbocycles. The number of ether oxygens (including phenoxy) is 1. The van der Waals surface area contributed by atoms with Gasteiger partial charge in [-0.3, -0.25) is 0 Å². The Labute approximate surface area is 117 Å². The van der Waals surface area contributed by atoms with Gasteiger partial charge in [-0.1, -0.05) is 32.0 Å². The molecule has 3 heteroatoms. The molecule has 1 unspecified atom stereocenters. The zero-order valence-electron chi connectivity index (χ0n) is 11.5. The van der Waals surface area contributed by atoms with E-state index in [9.17, 15) is 0 Å². The maximum Gasteiger partial charge on any atom is 0.122 e. The molecule has 1 aliphatic heterocycles. The van der Waals surface area contributed by atoms with Crippen molar-refractivity contribution in [1.29, 1.82) is 0 Å². The van der Waals surface area contributed by atoms with Crippen LogP contribution in [0.15, 0.2) is 24.3 Å². The standard InChI is InChI=1S/C15H23NO.ClH/c1-15(2)9-6-10-16-14(15)11-12-7-4-5-8-13(12)17-3;/h4-5,7-8,14,16H,6,9-11H2,1-3H3;1H. The number of benzene rings is 1. The topological polar surface area (TPSA) is 21.3 Å². The largest absolute Gasteiger partial charge is 0.496 e. The summed E-state index contributed by atoms with van der Waals surface area (Å²) in [6.45, 7) is 5.86. The zero-order chi connectivity index (χ0) is 12.3. The highest BCUT2D eigenvalue weighted by Gasteiger charge is 2.32. The van der Waals surface area contributed by atoms with Crippen LogP contribution in [0, 0.1) is 5.41 Å². The van der Waals surface area contributed by atoms with Crippen LogP contribution in [0.25, 0.3) is 0 Å². The van der Waals surface area contributed by atoms with E-state index in [4.69, 9.17) is 4.74 Å². The van der Waals surface area contributed by atoms with Crippen molar-refractivity contribution in [2.75, 3.05) is 13.7 Å². The van der Waals surface area contributed by atoms with E-state index in [0.29, 0.717) is 11.5 Å². The van der Waals surface area contributed by atoms with Gasteiger partial charge in [-0.25, -0.2) is 0 Å². The molecule has 18 heavy (non-hydrogen) atoms. The van der Waals surface area contributed by atoms with E-state index in [1.165, 1.54) is 18.4 Å². The monoisotopic (exact) mass is 269 g/mol. The predicted octanol–water partition coefficient (Wildman–Crippen LogP) is 3.44. The number of piperidine rings is 1. The van der Waals surface area contributed by atoms with E-state index in [0.717, 1.165) is 18.7 Å². The van der Waals surface area contributed by atoms with Gasteiger partial charge in [0, 0.05) is 6.04 Å². The van der Waals surface area contributed by atoms with Crippen LogP contribution < -0.4 is 10.1 Å². The third-order valence-corrected chi connectivity index (χ3v) is 3.95. The summed E-state index contributed by atoms with van der Waals surface area (Å²) in [4.78, 5) is 0. The first-order valence-electron chi connectivity index (χ1n) is 6.49. The smallest absolute Gasteiger partial charge is 0.122 e. The third kappa shape index (κ3) is 3.39. The van der Waals surface area contributed by atoms with Gasteiger partial charge >= 0.3 is 0 Å². The average Bonchev–Trinajstić information content (AvgIpc) is 2.32. The third-order valence-electron chi connectivity index (χ3n) is 3.95. The van der Waals surface area contributed by atoms with Crippen molar-refractivity contribution in [2.45, 2.75) is 39.2 Å². The number of halogens is 1. The molecule has 0 bridgehead atoms. The molecule has 1 atom stereocenters. The highest BCUT2D eigenvalue weighted by Crippen LogP contribution is 2.33. The van der Waals surface area contributed by atoms with E-state index >= 15 is 0 Å². The second kappa shape index (κ2) is 6.44. The van der Waals surface area contributed by atoms with E-state index in [1.54, 1.807) is 7.11 Å². The number of para-hydroxylation sites is 1. The van der Waals surface area contributed by atoms with Crippen LogP contribution in [0.5, 0.6) is 5.75 Å². The van der Waals surface area contributed by atoms with Crippen molar-refractivity contribution >= 4 is 12.4 Å². The summed E-state index contributed by atoms with van der Waals surface area (Å²) in [5.74, 6) is 1.01. The number of rotatable bonds is 3. The summed E-state index contributed by atoms with van der Waals surface area (Å²) in [5, 5.41) is 3.65. The Hall–Kier alpha value is -0.730. The number of hydrogen-bond donors (Lipinski definition) is 1. The molecule has 1 saturated heterocycles. The number of hydrogen-bond acceptors (Lipinski definition) is 2. The van der Waals surface area contributed by atoms with Gasteiger partial charge in [-0.2, -0.15) is 0 Å². The fourth-order valence-electron chi connectivity index (χ4n) is 2.71. The fraction of sp³-hybridized carbons (Fsp3) is 0.600. The van der Waals surface area contributed by atoms with Crippen LogP contribution in [-0.4, -0.2) is 19.7 Å². The molecule has 1 N–H and O–H groups in total. The molecular formula is C15H24ClNO. The summed E-state index contributed by atoms with van der Waals surface area (Å²) in [7, 11) is 1.75. The molecule has 1 aliphatic rings. The lowest BCUT2D eigenvalue weighted by molar-refractivity contribution is 0.178. The van der Waals surface area contributed by atoms with Gasteiger partial charge < -0.3 is 10.1 Å². The lowest BCUT2D eigenvalue weighted by atomic mass is 9.75. The average molecular weight is 270 g/mol. The Kier molecular flexibility index (Phi) is 5.48. The molecule has 102 valence electrons. The first kappa shape index (κ1) is 15.3. The lowest BCUT2D eigenvalue weighted by Crippen LogP contribution is -2.48. The van der Waals surface area contributed by atoms with E-state index < -0.39 is 0 Å². The Balaban J connectivity index is 0.00000162. The fourth-order valence-corrected chi connectivity index (χ4v) is 2.71. The summed E-state index contributed by atoms with van der Waals surface area (Å²) < 4.78 is 5.43. The van der Waals surface area contributed by atoms with Gasteiger partial charge in [0.25, 0.3) is 0 Å². The van der Waals surface area contributed by atoms with Gasteiger partial charge in [0.15, 0.2) is 0 Å². The summed E-state index contributed by atoms with van der Waals surface area (Å²) in [6, 6.07) is 8.89. The van der Waals surface area contributed by atoms with Crippen molar-refractivity contribution in [3.8, 4) is 5.75 Å². The minimum Gasteiger partial charge on any atom is -0.496 e. The molecule has 0 aromatic heterocycles.